The maximum atomic E-state index is 5.47. The van der Waals surface area contributed by atoms with Crippen LogP contribution in [-0.4, -0.2) is 99.8 Å². The first-order valence-electron chi connectivity index (χ1n) is 10.9. The maximum absolute atomic E-state index is 5.47. The fraction of sp³-hybridized carbons (Fsp3) is 0.682. The molecular weight excluding hydrogens is 491 g/mol. The van der Waals surface area contributed by atoms with E-state index >= 15 is 0 Å². The highest BCUT2D eigenvalue weighted by atomic mass is 127. The summed E-state index contributed by atoms with van der Waals surface area (Å²) in [4.78, 5) is 11.8. The van der Waals surface area contributed by atoms with E-state index < -0.39 is 0 Å². The number of hydrogen-bond acceptors (Lipinski definition) is 5. The van der Waals surface area contributed by atoms with Crippen LogP contribution in [0.4, 0.5) is 0 Å². The summed E-state index contributed by atoms with van der Waals surface area (Å²) in [5.41, 5.74) is 2.71. The summed E-state index contributed by atoms with van der Waals surface area (Å²) in [5.74, 6) is 0.868. The lowest BCUT2D eigenvalue weighted by Gasteiger charge is -2.36. The minimum absolute atomic E-state index is 0. The number of rotatable bonds is 7. The van der Waals surface area contributed by atoms with Gasteiger partial charge in [-0.25, -0.2) is 0 Å². The van der Waals surface area contributed by atoms with Crippen molar-refractivity contribution in [2.75, 3.05) is 73.1 Å². The number of halogens is 1. The molecule has 2 aliphatic heterocycles. The van der Waals surface area contributed by atoms with Gasteiger partial charge in [-0.15, -0.1) is 24.0 Å². The first-order chi connectivity index (χ1) is 14.2. The first-order valence-corrected chi connectivity index (χ1v) is 10.9. The first kappa shape index (κ1) is 25.3. The van der Waals surface area contributed by atoms with Crippen LogP contribution in [-0.2, 0) is 17.8 Å². The molecule has 1 unspecified atom stereocenters. The summed E-state index contributed by atoms with van der Waals surface area (Å²) in [6, 6.07) is 9.19. The Morgan fingerprint density at radius 1 is 1.03 bits per heavy atom. The molecular formula is C22H39IN6O. The van der Waals surface area contributed by atoms with E-state index in [1.165, 1.54) is 11.1 Å². The molecule has 0 spiro atoms. The largest absolute Gasteiger partial charge is 0.379 e. The van der Waals surface area contributed by atoms with Crippen LogP contribution in [0.2, 0.25) is 0 Å². The quantitative estimate of drug-likeness (QED) is 0.316. The predicted molar refractivity (Wildman–Crippen MR) is 135 cm³/mol. The lowest BCUT2D eigenvalue weighted by Crippen LogP contribution is -2.52. The number of ether oxygens (including phenoxy) is 1. The van der Waals surface area contributed by atoms with Crippen LogP contribution in [0.5, 0.6) is 0 Å². The van der Waals surface area contributed by atoms with Crippen molar-refractivity contribution < 1.29 is 4.74 Å². The van der Waals surface area contributed by atoms with Gasteiger partial charge in [-0.2, -0.15) is 0 Å². The van der Waals surface area contributed by atoms with Gasteiger partial charge < -0.3 is 20.3 Å². The predicted octanol–water partition coefficient (Wildman–Crippen LogP) is 1.44. The molecule has 1 aromatic rings. The van der Waals surface area contributed by atoms with Crippen LogP contribution < -0.4 is 10.6 Å². The van der Waals surface area contributed by atoms with Gasteiger partial charge >= 0.3 is 0 Å². The highest BCUT2D eigenvalue weighted by molar-refractivity contribution is 14.0. The SMILES string of the molecule is CN=C(NCc1ccccc1CN1CCOCC1)NCC(C)N1CCN(C)CC1.I. The zero-order chi connectivity index (χ0) is 20.5. The van der Waals surface area contributed by atoms with Gasteiger partial charge in [0.2, 0.25) is 0 Å². The molecule has 30 heavy (non-hydrogen) atoms. The third-order valence-electron chi connectivity index (χ3n) is 6.01. The van der Waals surface area contributed by atoms with Crippen molar-refractivity contribution >= 4 is 29.9 Å². The van der Waals surface area contributed by atoms with E-state index in [-0.39, 0.29) is 24.0 Å². The monoisotopic (exact) mass is 530 g/mol. The Hall–Kier alpha value is -0.940. The molecule has 2 heterocycles. The normalized spacial score (nSPS) is 20.4. The van der Waals surface area contributed by atoms with E-state index in [0.717, 1.165) is 78.1 Å². The number of nitrogens with zero attached hydrogens (tertiary/aromatic N) is 4. The number of guanidine groups is 1. The molecule has 7 nitrogen and oxygen atoms in total. The topological polar surface area (TPSA) is 55.4 Å². The smallest absolute Gasteiger partial charge is 0.191 e. The number of morpholine rings is 1. The summed E-state index contributed by atoms with van der Waals surface area (Å²) < 4.78 is 5.47. The lowest BCUT2D eigenvalue weighted by atomic mass is 10.1. The van der Waals surface area contributed by atoms with E-state index in [1.54, 1.807) is 0 Å². The van der Waals surface area contributed by atoms with Crippen LogP contribution in [0.25, 0.3) is 0 Å². The van der Waals surface area contributed by atoms with Crippen molar-refractivity contribution in [2.24, 2.45) is 4.99 Å². The highest BCUT2D eigenvalue weighted by Gasteiger charge is 2.19. The third-order valence-corrected chi connectivity index (χ3v) is 6.01. The van der Waals surface area contributed by atoms with E-state index in [0.29, 0.717) is 6.04 Å². The molecule has 0 aromatic heterocycles. The average molecular weight is 530 g/mol. The molecule has 1 atom stereocenters. The number of nitrogens with one attached hydrogen (secondary N) is 2. The second-order valence-corrected chi connectivity index (χ2v) is 8.15. The number of hydrogen-bond donors (Lipinski definition) is 2. The summed E-state index contributed by atoms with van der Waals surface area (Å²) >= 11 is 0. The van der Waals surface area contributed by atoms with Gasteiger partial charge in [0.25, 0.3) is 0 Å². The Bertz CT molecular complexity index is 644. The molecule has 0 radical (unpaired) electrons. The summed E-state index contributed by atoms with van der Waals surface area (Å²) in [6.45, 7) is 13.2. The van der Waals surface area contributed by atoms with Gasteiger partial charge in [-0.05, 0) is 25.1 Å². The Balaban J connectivity index is 0.00000320. The van der Waals surface area contributed by atoms with E-state index in [4.69, 9.17) is 4.74 Å². The molecule has 0 amide bonds. The van der Waals surface area contributed by atoms with Crippen LogP contribution in [0.1, 0.15) is 18.1 Å². The molecule has 8 heteroatoms. The number of piperazine rings is 1. The fourth-order valence-corrected chi connectivity index (χ4v) is 3.92. The zero-order valence-corrected chi connectivity index (χ0v) is 21.1. The number of aliphatic imine (C=N–C) groups is 1. The van der Waals surface area contributed by atoms with Crippen LogP contribution in [0.15, 0.2) is 29.3 Å². The van der Waals surface area contributed by atoms with E-state index in [9.17, 15) is 0 Å². The van der Waals surface area contributed by atoms with E-state index in [1.807, 2.05) is 7.05 Å². The molecule has 170 valence electrons. The van der Waals surface area contributed by atoms with Crippen molar-refractivity contribution in [3.63, 3.8) is 0 Å². The highest BCUT2D eigenvalue weighted by Crippen LogP contribution is 2.13. The van der Waals surface area contributed by atoms with Crippen LogP contribution >= 0.6 is 24.0 Å². The third kappa shape index (κ3) is 7.96. The molecule has 2 aliphatic rings. The Labute approximate surface area is 199 Å². The van der Waals surface area contributed by atoms with Gasteiger partial charge in [-0.1, -0.05) is 24.3 Å². The summed E-state index contributed by atoms with van der Waals surface area (Å²) in [5, 5.41) is 7.00. The Morgan fingerprint density at radius 2 is 1.70 bits per heavy atom. The van der Waals surface area contributed by atoms with Crippen molar-refractivity contribution in [2.45, 2.75) is 26.1 Å². The lowest BCUT2D eigenvalue weighted by molar-refractivity contribution is 0.0341. The molecule has 3 rings (SSSR count). The molecule has 1 aromatic carbocycles. The van der Waals surface area contributed by atoms with Crippen molar-refractivity contribution in [1.29, 1.82) is 0 Å². The second kappa shape index (κ2) is 13.5. The molecule has 0 bridgehead atoms. The van der Waals surface area contributed by atoms with Gasteiger partial charge in [0.05, 0.1) is 13.2 Å². The van der Waals surface area contributed by atoms with Crippen LogP contribution in [0.3, 0.4) is 0 Å². The maximum Gasteiger partial charge on any atom is 0.191 e. The van der Waals surface area contributed by atoms with Crippen molar-refractivity contribution in [1.82, 2.24) is 25.3 Å². The van der Waals surface area contributed by atoms with Crippen molar-refractivity contribution in [3.05, 3.63) is 35.4 Å². The van der Waals surface area contributed by atoms with Gasteiger partial charge in [0.15, 0.2) is 5.96 Å². The fourth-order valence-electron chi connectivity index (χ4n) is 3.92. The summed E-state index contributed by atoms with van der Waals surface area (Å²) in [6.07, 6.45) is 0. The number of benzene rings is 1. The molecule has 2 N–H and O–H groups in total. The van der Waals surface area contributed by atoms with Gasteiger partial charge in [0.1, 0.15) is 0 Å². The average Bonchev–Trinajstić information content (AvgIpc) is 2.76. The molecule has 0 aliphatic carbocycles. The molecule has 0 saturated carbocycles. The second-order valence-electron chi connectivity index (χ2n) is 8.15. The molecule has 2 saturated heterocycles. The minimum atomic E-state index is 0. The Kier molecular flexibility index (Phi) is 11.4. The van der Waals surface area contributed by atoms with Gasteiger partial charge in [0, 0.05) is 72.0 Å². The summed E-state index contributed by atoms with van der Waals surface area (Å²) in [7, 11) is 4.04. The van der Waals surface area contributed by atoms with E-state index in [2.05, 4.69) is 68.6 Å². The minimum Gasteiger partial charge on any atom is -0.379 e. The molecule has 2 fully saturated rings. The van der Waals surface area contributed by atoms with Crippen LogP contribution in [0, 0.1) is 0 Å². The van der Waals surface area contributed by atoms with Crippen molar-refractivity contribution in [3.8, 4) is 0 Å². The standard InChI is InChI=1S/C22H38N6O.HI/c1-19(28-10-8-26(3)9-11-28)16-24-22(23-2)25-17-20-6-4-5-7-21(20)18-27-12-14-29-15-13-27;/h4-7,19H,8-18H2,1-3H3,(H2,23,24,25);1H. The Morgan fingerprint density at radius 3 is 2.37 bits per heavy atom. The van der Waals surface area contributed by atoms with Gasteiger partial charge in [-0.3, -0.25) is 14.8 Å². The zero-order valence-electron chi connectivity index (χ0n) is 18.8. The number of likely N-dealkylation sites (N-methyl/N-ethyl adjacent to an activating group) is 1.